The van der Waals surface area contributed by atoms with Crippen molar-refractivity contribution in [3.63, 3.8) is 0 Å². The number of esters is 1. The lowest BCUT2D eigenvalue weighted by molar-refractivity contribution is -0.144. The van der Waals surface area contributed by atoms with Crippen molar-refractivity contribution in [1.82, 2.24) is 10.6 Å². The van der Waals surface area contributed by atoms with Crippen molar-refractivity contribution >= 4 is 24.0 Å². The molecule has 23 heavy (non-hydrogen) atoms. The number of hydrogen-bond donors (Lipinski definition) is 2. The summed E-state index contributed by atoms with van der Waals surface area (Å²) in [5, 5.41) is 4.55. The summed E-state index contributed by atoms with van der Waals surface area (Å²) in [4.78, 5) is 34.7. The molecule has 3 amide bonds. The van der Waals surface area contributed by atoms with E-state index in [0.717, 1.165) is 12.0 Å². The standard InChI is InChI=1S/C16H18N2O5/c1-2-7-17-16(21)18-14(19)10-23-15(20)12-8-11-5-3-4-6-13(11)22-9-12/h3-6,8H,2,7,9-10H2,1H3,(H2,17,18,19,21). The van der Waals surface area contributed by atoms with Gasteiger partial charge in [0.2, 0.25) is 0 Å². The molecule has 2 rings (SSSR count). The molecule has 7 nitrogen and oxygen atoms in total. The number of urea groups is 1. The fourth-order valence-corrected chi connectivity index (χ4v) is 1.90. The van der Waals surface area contributed by atoms with Crippen molar-refractivity contribution in [2.24, 2.45) is 0 Å². The second-order valence-corrected chi connectivity index (χ2v) is 4.88. The van der Waals surface area contributed by atoms with E-state index in [1.807, 2.05) is 25.1 Å². The number of amides is 3. The van der Waals surface area contributed by atoms with Crippen LogP contribution in [0, 0.1) is 0 Å². The molecule has 0 saturated carbocycles. The molecule has 1 aliphatic rings. The minimum atomic E-state index is -0.690. The first-order valence-electron chi connectivity index (χ1n) is 7.27. The topological polar surface area (TPSA) is 93.7 Å². The van der Waals surface area contributed by atoms with Gasteiger partial charge in [-0.1, -0.05) is 25.1 Å². The van der Waals surface area contributed by atoms with Crippen molar-refractivity contribution in [2.75, 3.05) is 19.8 Å². The van der Waals surface area contributed by atoms with E-state index in [9.17, 15) is 14.4 Å². The van der Waals surface area contributed by atoms with Gasteiger partial charge in [0, 0.05) is 12.1 Å². The van der Waals surface area contributed by atoms with Gasteiger partial charge in [0.25, 0.3) is 5.91 Å². The van der Waals surface area contributed by atoms with E-state index in [-0.39, 0.29) is 6.61 Å². The van der Waals surface area contributed by atoms with Crippen LogP contribution in [0.3, 0.4) is 0 Å². The number of carbonyl (C=O) groups is 3. The summed E-state index contributed by atoms with van der Waals surface area (Å²) in [6.45, 7) is 1.90. The average molecular weight is 318 g/mol. The van der Waals surface area contributed by atoms with Gasteiger partial charge >= 0.3 is 12.0 Å². The summed E-state index contributed by atoms with van der Waals surface area (Å²) in [5.41, 5.74) is 1.08. The van der Waals surface area contributed by atoms with Gasteiger partial charge in [0.05, 0.1) is 5.57 Å². The van der Waals surface area contributed by atoms with Crippen LogP contribution in [0.15, 0.2) is 29.8 Å². The van der Waals surface area contributed by atoms with Gasteiger partial charge in [-0.25, -0.2) is 9.59 Å². The monoisotopic (exact) mass is 318 g/mol. The van der Waals surface area contributed by atoms with Crippen LogP contribution in [0.4, 0.5) is 4.79 Å². The normalized spacial score (nSPS) is 12.3. The molecular weight excluding hydrogens is 300 g/mol. The van der Waals surface area contributed by atoms with Gasteiger partial charge in [-0.2, -0.15) is 0 Å². The molecule has 0 aliphatic carbocycles. The van der Waals surface area contributed by atoms with Crippen molar-refractivity contribution in [2.45, 2.75) is 13.3 Å². The van der Waals surface area contributed by atoms with Crippen LogP contribution in [-0.2, 0) is 14.3 Å². The molecule has 122 valence electrons. The Morgan fingerprint density at radius 3 is 2.83 bits per heavy atom. The van der Waals surface area contributed by atoms with Crippen molar-refractivity contribution < 1.29 is 23.9 Å². The second kappa shape index (κ2) is 7.98. The maximum atomic E-state index is 11.9. The van der Waals surface area contributed by atoms with E-state index >= 15 is 0 Å². The number of hydrogen-bond acceptors (Lipinski definition) is 5. The third kappa shape index (κ3) is 4.84. The highest BCUT2D eigenvalue weighted by atomic mass is 16.5. The second-order valence-electron chi connectivity index (χ2n) is 4.88. The van der Waals surface area contributed by atoms with E-state index in [0.29, 0.717) is 17.9 Å². The number of para-hydroxylation sites is 1. The molecule has 0 atom stereocenters. The minimum Gasteiger partial charge on any atom is -0.488 e. The van der Waals surface area contributed by atoms with Crippen LogP contribution in [0.25, 0.3) is 6.08 Å². The molecular formula is C16H18N2O5. The number of imide groups is 1. The Kier molecular flexibility index (Phi) is 5.74. The number of carbonyl (C=O) groups excluding carboxylic acids is 3. The molecule has 0 radical (unpaired) electrons. The molecule has 1 aromatic rings. The zero-order valence-electron chi connectivity index (χ0n) is 12.8. The summed E-state index contributed by atoms with van der Waals surface area (Å²) >= 11 is 0. The molecule has 0 saturated heterocycles. The Labute approximate surface area is 133 Å². The maximum Gasteiger partial charge on any atom is 0.338 e. The Bertz CT molecular complexity index is 639. The Morgan fingerprint density at radius 1 is 1.26 bits per heavy atom. The first-order chi connectivity index (χ1) is 11.1. The van der Waals surface area contributed by atoms with E-state index < -0.39 is 24.5 Å². The van der Waals surface area contributed by atoms with Gasteiger partial charge in [-0.05, 0) is 18.6 Å². The quantitative estimate of drug-likeness (QED) is 0.797. The van der Waals surface area contributed by atoms with Crippen LogP contribution < -0.4 is 15.4 Å². The largest absolute Gasteiger partial charge is 0.488 e. The Morgan fingerprint density at radius 2 is 2.04 bits per heavy atom. The lowest BCUT2D eigenvalue weighted by Gasteiger charge is -2.16. The lowest BCUT2D eigenvalue weighted by atomic mass is 10.1. The number of fused-ring (bicyclic) bond motifs is 1. The lowest BCUT2D eigenvalue weighted by Crippen LogP contribution is -2.41. The highest BCUT2D eigenvalue weighted by Gasteiger charge is 2.19. The number of rotatable bonds is 5. The van der Waals surface area contributed by atoms with Crippen molar-refractivity contribution in [3.8, 4) is 5.75 Å². The smallest absolute Gasteiger partial charge is 0.338 e. The molecule has 1 aliphatic heterocycles. The third-order valence-electron chi connectivity index (χ3n) is 3.02. The fourth-order valence-electron chi connectivity index (χ4n) is 1.90. The predicted molar refractivity (Wildman–Crippen MR) is 82.7 cm³/mol. The molecule has 1 aromatic carbocycles. The van der Waals surface area contributed by atoms with Gasteiger partial charge in [-0.15, -0.1) is 0 Å². The first kappa shape index (κ1) is 16.5. The third-order valence-corrected chi connectivity index (χ3v) is 3.02. The molecule has 0 bridgehead atoms. The van der Waals surface area contributed by atoms with E-state index in [2.05, 4.69) is 10.6 Å². The summed E-state index contributed by atoms with van der Waals surface area (Å²) in [6, 6.07) is 6.67. The van der Waals surface area contributed by atoms with Gasteiger partial charge in [-0.3, -0.25) is 10.1 Å². The molecule has 2 N–H and O–H groups in total. The minimum absolute atomic E-state index is 0.0778. The highest BCUT2D eigenvalue weighted by molar-refractivity contribution is 5.98. The van der Waals surface area contributed by atoms with Crippen LogP contribution in [-0.4, -0.2) is 37.7 Å². The van der Waals surface area contributed by atoms with Crippen LogP contribution >= 0.6 is 0 Å². The molecule has 0 unspecified atom stereocenters. The maximum absolute atomic E-state index is 11.9. The van der Waals surface area contributed by atoms with Crippen molar-refractivity contribution in [3.05, 3.63) is 35.4 Å². The van der Waals surface area contributed by atoms with Gasteiger partial charge in [0.1, 0.15) is 12.4 Å². The zero-order chi connectivity index (χ0) is 16.7. The fraction of sp³-hybridized carbons (Fsp3) is 0.312. The summed E-state index contributed by atoms with van der Waals surface area (Å²) in [5.74, 6) is -0.650. The zero-order valence-corrected chi connectivity index (χ0v) is 12.8. The van der Waals surface area contributed by atoms with Crippen LogP contribution in [0.2, 0.25) is 0 Å². The Hall–Kier alpha value is -2.83. The average Bonchev–Trinajstić information content (AvgIpc) is 2.57. The summed E-state index contributed by atoms with van der Waals surface area (Å²) < 4.78 is 10.3. The number of benzene rings is 1. The summed E-state index contributed by atoms with van der Waals surface area (Å²) in [7, 11) is 0. The molecule has 1 heterocycles. The SMILES string of the molecule is CCCNC(=O)NC(=O)COC(=O)C1=Cc2ccccc2OC1. The highest BCUT2D eigenvalue weighted by Crippen LogP contribution is 2.25. The van der Waals surface area contributed by atoms with Crippen molar-refractivity contribution in [1.29, 1.82) is 0 Å². The van der Waals surface area contributed by atoms with Gasteiger partial charge in [0.15, 0.2) is 6.61 Å². The van der Waals surface area contributed by atoms with Crippen LogP contribution in [0.5, 0.6) is 5.75 Å². The molecule has 7 heteroatoms. The molecule has 0 aromatic heterocycles. The van der Waals surface area contributed by atoms with E-state index in [1.54, 1.807) is 12.1 Å². The summed E-state index contributed by atoms with van der Waals surface area (Å²) in [6.07, 6.45) is 2.42. The predicted octanol–water partition coefficient (Wildman–Crippen LogP) is 1.24. The molecule has 0 spiro atoms. The van der Waals surface area contributed by atoms with E-state index in [1.165, 1.54) is 0 Å². The number of ether oxygens (including phenoxy) is 2. The van der Waals surface area contributed by atoms with Gasteiger partial charge < -0.3 is 14.8 Å². The molecule has 0 fully saturated rings. The Balaban J connectivity index is 1.83. The van der Waals surface area contributed by atoms with E-state index in [4.69, 9.17) is 9.47 Å². The van der Waals surface area contributed by atoms with Crippen LogP contribution in [0.1, 0.15) is 18.9 Å². The number of nitrogens with one attached hydrogen (secondary N) is 2. The first-order valence-corrected chi connectivity index (χ1v) is 7.27.